The zero-order valence-electron chi connectivity index (χ0n) is 12.4. The molecule has 0 unspecified atom stereocenters. The lowest BCUT2D eigenvalue weighted by Gasteiger charge is -2.06. The number of carbonyl (C=O) groups is 1. The molecule has 0 saturated heterocycles. The first-order chi connectivity index (χ1) is 10.7. The second-order valence-corrected chi connectivity index (χ2v) is 5.24. The lowest BCUT2D eigenvalue weighted by atomic mass is 10.2. The van der Waals surface area contributed by atoms with Gasteiger partial charge in [0.1, 0.15) is 5.82 Å². The first-order valence-corrected chi connectivity index (χ1v) is 7.31. The number of aromatic amines is 1. The van der Waals surface area contributed by atoms with E-state index in [1.807, 2.05) is 18.2 Å². The van der Waals surface area contributed by atoms with E-state index < -0.39 is 0 Å². The Morgan fingerprint density at radius 1 is 1.32 bits per heavy atom. The molecule has 1 aromatic carbocycles. The number of aryl methyl sites for hydroxylation is 1. The minimum atomic E-state index is -0.255. The largest absolute Gasteiger partial charge is 0.383 e. The van der Waals surface area contributed by atoms with Crippen molar-refractivity contribution in [2.24, 2.45) is 0 Å². The number of nitrogens with two attached hydrogens (primary N) is 1. The molecule has 22 heavy (non-hydrogen) atoms. The summed E-state index contributed by atoms with van der Waals surface area (Å²) in [5, 5.41) is 3.94. The molecule has 0 aliphatic carbocycles. The van der Waals surface area contributed by atoms with E-state index in [-0.39, 0.29) is 11.7 Å². The first-order valence-electron chi connectivity index (χ1n) is 7.31. The van der Waals surface area contributed by atoms with Crippen LogP contribution in [0.1, 0.15) is 29.4 Å². The fraction of sp³-hybridized carbons (Fsp3) is 0.176. The molecular weight excluding hydrogens is 276 g/mol. The average Bonchev–Trinajstić information content (AvgIpc) is 2.89. The smallest absolute Gasteiger partial charge is 0.259 e. The van der Waals surface area contributed by atoms with Gasteiger partial charge in [0.2, 0.25) is 0 Å². The van der Waals surface area contributed by atoms with E-state index in [0.717, 1.165) is 29.4 Å². The quantitative estimate of drug-likeness (QED) is 0.690. The number of nitrogen functional groups attached to an aromatic ring is 1. The Hall–Kier alpha value is -2.82. The lowest BCUT2D eigenvalue weighted by Crippen LogP contribution is -2.14. The van der Waals surface area contributed by atoms with Gasteiger partial charge < -0.3 is 16.0 Å². The van der Waals surface area contributed by atoms with Crippen LogP contribution >= 0.6 is 0 Å². The highest BCUT2D eigenvalue weighted by molar-refractivity contribution is 6.07. The summed E-state index contributed by atoms with van der Waals surface area (Å²) < 4.78 is 0. The van der Waals surface area contributed by atoms with Crippen LogP contribution in [0.5, 0.6) is 0 Å². The second kappa shape index (κ2) is 5.89. The summed E-state index contributed by atoms with van der Waals surface area (Å²) in [5.41, 5.74) is 9.12. The zero-order valence-corrected chi connectivity index (χ0v) is 12.4. The third-order valence-electron chi connectivity index (χ3n) is 3.54. The van der Waals surface area contributed by atoms with Crippen molar-refractivity contribution in [1.29, 1.82) is 0 Å². The molecule has 0 fully saturated rings. The number of pyridine rings is 1. The van der Waals surface area contributed by atoms with Gasteiger partial charge in [-0.2, -0.15) is 0 Å². The summed E-state index contributed by atoms with van der Waals surface area (Å²) in [7, 11) is 0. The molecule has 2 heterocycles. The number of aromatic nitrogens is 2. The van der Waals surface area contributed by atoms with E-state index in [4.69, 9.17) is 5.73 Å². The van der Waals surface area contributed by atoms with Gasteiger partial charge in [-0.25, -0.2) is 4.98 Å². The van der Waals surface area contributed by atoms with Crippen LogP contribution in [0, 0.1) is 0 Å². The van der Waals surface area contributed by atoms with Crippen LogP contribution in [0.25, 0.3) is 10.9 Å². The zero-order chi connectivity index (χ0) is 15.5. The van der Waals surface area contributed by atoms with E-state index in [2.05, 4.69) is 28.3 Å². The number of nitrogens with zero attached hydrogens (tertiary/aromatic N) is 1. The predicted molar refractivity (Wildman–Crippen MR) is 88.9 cm³/mol. The van der Waals surface area contributed by atoms with Crippen molar-refractivity contribution in [3.8, 4) is 0 Å². The number of rotatable bonds is 4. The van der Waals surface area contributed by atoms with Crippen LogP contribution in [0.2, 0.25) is 0 Å². The normalized spacial score (nSPS) is 10.8. The van der Waals surface area contributed by atoms with Crippen LogP contribution in [0.15, 0.2) is 42.6 Å². The highest BCUT2D eigenvalue weighted by atomic mass is 16.1. The van der Waals surface area contributed by atoms with E-state index in [1.54, 1.807) is 18.3 Å². The molecule has 0 aliphatic rings. The maximum atomic E-state index is 12.2. The summed E-state index contributed by atoms with van der Waals surface area (Å²) in [6.45, 7) is 2.15. The Kier molecular flexibility index (Phi) is 3.78. The number of amides is 1. The topological polar surface area (TPSA) is 83.8 Å². The third kappa shape index (κ3) is 2.79. The lowest BCUT2D eigenvalue weighted by molar-refractivity contribution is 0.102. The van der Waals surface area contributed by atoms with Crippen molar-refractivity contribution in [2.75, 3.05) is 11.1 Å². The van der Waals surface area contributed by atoms with Gasteiger partial charge in [0.15, 0.2) is 0 Å². The van der Waals surface area contributed by atoms with Crippen molar-refractivity contribution in [2.45, 2.75) is 19.8 Å². The number of H-pyrrole nitrogens is 1. The molecule has 0 aliphatic heterocycles. The molecule has 0 spiro atoms. The standard InChI is InChI=1S/C17H18N4O/c1-2-4-12-9-11-10-13(6-7-15(11)20-12)21-17(22)14-5-3-8-19-16(14)18/h3,5-10,20H,2,4H2,1H3,(H2,18,19)(H,21,22). The van der Waals surface area contributed by atoms with E-state index >= 15 is 0 Å². The number of nitrogens with one attached hydrogen (secondary N) is 2. The SMILES string of the molecule is CCCc1cc2cc(NC(=O)c3cccnc3N)ccc2[nH]1. The number of fused-ring (bicyclic) bond motifs is 1. The van der Waals surface area contributed by atoms with Crippen molar-refractivity contribution in [3.63, 3.8) is 0 Å². The molecular formula is C17H18N4O. The van der Waals surface area contributed by atoms with Crippen molar-refractivity contribution in [3.05, 3.63) is 53.9 Å². The van der Waals surface area contributed by atoms with E-state index in [9.17, 15) is 4.79 Å². The fourth-order valence-electron chi connectivity index (χ4n) is 2.48. The molecule has 3 rings (SSSR count). The van der Waals surface area contributed by atoms with Gasteiger partial charge in [0.25, 0.3) is 5.91 Å². The third-order valence-corrected chi connectivity index (χ3v) is 3.54. The number of carbonyl (C=O) groups excluding carboxylic acids is 1. The maximum absolute atomic E-state index is 12.2. The Morgan fingerprint density at radius 2 is 2.18 bits per heavy atom. The van der Waals surface area contributed by atoms with Gasteiger partial charge in [-0.15, -0.1) is 0 Å². The van der Waals surface area contributed by atoms with Crippen molar-refractivity contribution >= 4 is 28.3 Å². The molecule has 5 nitrogen and oxygen atoms in total. The van der Waals surface area contributed by atoms with E-state index in [1.165, 1.54) is 5.69 Å². The minimum Gasteiger partial charge on any atom is -0.383 e. The highest BCUT2D eigenvalue weighted by Gasteiger charge is 2.10. The second-order valence-electron chi connectivity index (χ2n) is 5.24. The molecule has 0 atom stereocenters. The van der Waals surface area contributed by atoms with Crippen LogP contribution in [0.4, 0.5) is 11.5 Å². The Bertz CT molecular complexity index is 822. The average molecular weight is 294 g/mol. The summed E-state index contributed by atoms with van der Waals surface area (Å²) in [6.07, 6.45) is 3.67. The molecule has 112 valence electrons. The van der Waals surface area contributed by atoms with Gasteiger partial charge in [-0.3, -0.25) is 4.79 Å². The van der Waals surface area contributed by atoms with Gasteiger partial charge in [0, 0.05) is 28.5 Å². The highest BCUT2D eigenvalue weighted by Crippen LogP contribution is 2.21. The van der Waals surface area contributed by atoms with Crippen molar-refractivity contribution in [1.82, 2.24) is 9.97 Å². The van der Waals surface area contributed by atoms with E-state index in [0.29, 0.717) is 5.56 Å². The Morgan fingerprint density at radius 3 is 2.95 bits per heavy atom. The molecule has 4 N–H and O–H groups in total. The molecule has 0 bridgehead atoms. The molecule has 3 aromatic rings. The fourth-order valence-corrected chi connectivity index (χ4v) is 2.48. The molecule has 0 radical (unpaired) electrons. The van der Waals surface area contributed by atoms with Crippen LogP contribution in [0.3, 0.4) is 0 Å². The number of benzene rings is 1. The van der Waals surface area contributed by atoms with Gasteiger partial charge >= 0.3 is 0 Å². The van der Waals surface area contributed by atoms with Crippen LogP contribution in [-0.2, 0) is 6.42 Å². The molecule has 0 saturated carbocycles. The molecule has 1 amide bonds. The van der Waals surface area contributed by atoms with Crippen LogP contribution in [-0.4, -0.2) is 15.9 Å². The van der Waals surface area contributed by atoms with Gasteiger partial charge in [0.05, 0.1) is 5.56 Å². The number of hydrogen-bond acceptors (Lipinski definition) is 3. The molecule has 5 heteroatoms. The Labute approximate surface area is 128 Å². The summed E-state index contributed by atoms with van der Waals surface area (Å²) in [6, 6.07) is 11.3. The predicted octanol–water partition coefficient (Wildman–Crippen LogP) is 3.35. The number of hydrogen-bond donors (Lipinski definition) is 3. The van der Waals surface area contributed by atoms with Gasteiger partial charge in [-0.1, -0.05) is 13.3 Å². The minimum absolute atomic E-state index is 0.230. The van der Waals surface area contributed by atoms with Crippen molar-refractivity contribution < 1.29 is 4.79 Å². The maximum Gasteiger partial charge on any atom is 0.259 e. The van der Waals surface area contributed by atoms with Gasteiger partial charge in [-0.05, 0) is 42.8 Å². The molecule has 2 aromatic heterocycles. The van der Waals surface area contributed by atoms with Crippen LogP contribution < -0.4 is 11.1 Å². The number of anilines is 2. The summed E-state index contributed by atoms with van der Waals surface area (Å²) >= 11 is 0. The monoisotopic (exact) mass is 294 g/mol. The Balaban J connectivity index is 1.84. The summed E-state index contributed by atoms with van der Waals surface area (Å²) in [5.74, 6) is -0.0257. The first kappa shape index (κ1) is 14.1. The summed E-state index contributed by atoms with van der Waals surface area (Å²) in [4.78, 5) is 19.5.